The molecule has 0 radical (unpaired) electrons. The highest BCUT2D eigenvalue weighted by molar-refractivity contribution is 7.99. The van der Waals surface area contributed by atoms with Gasteiger partial charge in [-0.15, -0.1) is 0 Å². The maximum atomic E-state index is 8.81. The molecule has 1 atom stereocenters. The van der Waals surface area contributed by atoms with Gasteiger partial charge in [-0.3, -0.25) is 0 Å². The van der Waals surface area contributed by atoms with Crippen LogP contribution in [0.1, 0.15) is 13.8 Å². The summed E-state index contributed by atoms with van der Waals surface area (Å²) < 4.78 is 0. The van der Waals surface area contributed by atoms with Crippen molar-refractivity contribution in [1.82, 2.24) is 5.32 Å². The van der Waals surface area contributed by atoms with Gasteiger partial charge in [0.25, 0.3) is 0 Å². The summed E-state index contributed by atoms with van der Waals surface area (Å²) in [4.78, 5) is 0. The fourth-order valence-electron chi connectivity index (χ4n) is 0.725. The van der Waals surface area contributed by atoms with E-state index in [1.54, 1.807) is 0 Å². The minimum Gasteiger partial charge on any atom is -0.395 e. The van der Waals surface area contributed by atoms with E-state index < -0.39 is 0 Å². The number of aliphatic hydroxyl groups is 1. The van der Waals surface area contributed by atoms with E-state index in [1.807, 2.05) is 11.8 Å². The molecule has 2 nitrogen and oxygen atoms in total. The summed E-state index contributed by atoms with van der Waals surface area (Å²) in [5, 5.41) is 12.0. The van der Waals surface area contributed by atoms with Gasteiger partial charge >= 0.3 is 0 Å². The molecule has 0 fully saturated rings. The highest BCUT2D eigenvalue weighted by Crippen LogP contribution is 2.00. The van der Waals surface area contributed by atoms with Crippen LogP contribution in [-0.4, -0.2) is 35.8 Å². The third-order valence-corrected chi connectivity index (χ3v) is 2.28. The summed E-state index contributed by atoms with van der Waals surface area (Å²) >= 11 is 1.86. The summed E-state index contributed by atoms with van der Waals surface area (Å²) in [7, 11) is 0. The molecule has 0 aromatic rings. The van der Waals surface area contributed by atoms with Crippen molar-refractivity contribution in [3.8, 4) is 0 Å². The molecular formula is C7H17NOS. The van der Waals surface area contributed by atoms with Crippen molar-refractivity contribution in [2.24, 2.45) is 0 Å². The molecule has 0 aliphatic heterocycles. The largest absolute Gasteiger partial charge is 0.395 e. The van der Waals surface area contributed by atoms with E-state index in [0.717, 1.165) is 18.1 Å². The summed E-state index contributed by atoms with van der Waals surface area (Å²) in [5.41, 5.74) is 0. The lowest BCUT2D eigenvalue weighted by Gasteiger charge is -2.13. The van der Waals surface area contributed by atoms with Gasteiger partial charge in [-0.2, -0.15) is 11.8 Å². The summed E-state index contributed by atoms with van der Waals surface area (Å²) in [6, 6.07) is 0.287. The standard InChI is InChI=1S/C7H17NOS/c1-3-8-7(5-9)6-10-4-2/h7-9H,3-6H2,1-2H3. The lowest BCUT2D eigenvalue weighted by atomic mass is 10.4. The van der Waals surface area contributed by atoms with Crippen molar-refractivity contribution in [2.75, 3.05) is 24.7 Å². The lowest BCUT2D eigenvalue weighted by Crippen LogP contribution is -2.34. The Hall–Kier alpha value is 0.270. The Morgan fingerprint density at radius 2 is 2.20 bits per heavy atom. The number of nitrogens with one attached hydrogen (secondary N) is 1. The highest BCUT2D eigenvalue weighted by Gasteiger charge is 2.02. The monoisotopic (exact) mass is 163 g/mol. The molecule has 0 rings (SSSR count). The van der Waals surface area contributed by atoms with Gasteiger partial charge in [0, 0.05) is 11.8 Å². The quantitative estimate of drug-likeness (QED) is 0.605. The first-order valence-electron chi connectivity index (χ1n) is 3.77. The molecule has 2 N–H and O–H groups in total. The minimum atomic E-state index is 0.251. The maximum Gasteiger partial charge on any atom is 0.0592 e. The number of hydrogen-bond donors (Lipinski definition) is 2. The van der Waals surface area contributed by atoms with Crippen molar-refractivity contribution < 1.29 is 5.11 Å². The Bertz CT molecular complexity index is 70.6. The molecule has 0 saturated heterocycles. The van der Waals surface area contributed by atoms with Crippen LogP contribution in [0.3, 0.4) is 0 Å². The predicted molar refractivity (Wildman–Crippen MR) is 47.5 cm³/mol. The van der Waals surface area contributed by atoms with Gasteiger partial charge in [0.1, 0.15) is 0 Å². The van der Waals surface area contributed by atoms with Crippen LogP contribution in [-0.2, 0) is 0 Å². The van der Waals surface area contributed by atoms with Crippen molar-refractivity contribution in [2.45, 2.75) is 19.9 Å². The van der Waals surface area contributed by atoms with Crippen molar-refractivity contribution >= 4 is 11.8 Å². The van der Waals surface area contributed by atoms with Gasteiger partial charge in [-0.25, -0.2) is 0 Å². The topological polar surface area (TPSA) is 32.3 Å². The zero-order valence-electron chi connectivity index (χ0n) is 6.76. The van der Waals surface area contributed by atoms with Crippen molar-refractivity contribution in [3.63, 3.8) is 0 Å². The number of thioether (sulfide) groups is 1. The molecule has 1 unspecified atom stereocenters. The zero-order valence-corrected chi connectivity index (χ0v) is 7.58. The molecule has 0 amide bonds. The predicted octanol–water partition coefficient (Wildman–Crippen LogP) is 0.710. The smallest absolute Gasteiger partial charge is 0.0592 e. The molecule has 0 heterocycles. The molecule has 0 aliphatic rings. The molecule has 0 bridgehead atoms. The molecule has 62 valence electrons. The van der Waals surface area contributed by atoms with Gasteiger partial charge < -0.3 is 10.4 Å². The average Bonchev–Trinajstić information content (AvgIpc) is 1.98. The highest BCUT2D eigenvalue weighted by atomic mass is 32.2. The Labute approximate surface area is 67.4 Å². The van der Waals surface area contributed by atoms with Gasteiger partial charge in [-0.05, 0) is 12.3 Å². The summed E-state index contributed by atoms with van der Waals surface area (Å²) in [6.07, 6.45) is 0. The van der Waals surface area contributed by atoms with E-state index >= 15 is 0 Å². The third-order valence-electron chi connectivity index (χ3n) is 1.24. The van der Waals surface area contributed by atoms with Crippen molar-refractivity contribution in [1.29, 1.82) is 0 Å². The average molecular weight is 163 g/mol. The second-order valence-electron chi connectivity index (χ2n) is 2.10. The maximum absolute atomic E-state index is 8.81. The van der Waals surface area contributed by atoms with Crippen molar-refractivity contribution in [3.05, 3.63) is 0 Å². The first-order valence-corrected chi connectivity index (χ1v) is 4.92. The molecule has 3 heteroatoms. The molecular weight excluding hydrogens is 146 g/mol. The number of rotatable bonds is 6. The van der Waals surface area contributed by atoms with Gasteiger partial charge in [0.15, 0.2) is 0 Å². The Kier molecular flexibility index (Phi) is 7.58. The molecule has 0 aliphatic carbocycles. The van der Waals surface area contributed by atoms with Crippen LogP contribution in [0.25, 0.3) is 0 Å². The van der Waals surface area contributed by atoms with E-state index in [-0.39, 0.29) is 12.6 Å². The molecule has 10 heavy (non-hydrogen) atoms. The molecule has 0 aromatic carbocycles. The molecule has 0 aromatic heterocycles. The van der Waals surface area contributed by atoms with E-state index in [2.05, 4.69) is 19.2 Å². The SMILES string of the molecule is CCNC(CO)CSCC. The van der Waals surface area contributed by atoms with E-state index in [4.69, 9.17) is 5.11 Å². The van der Waals surface area contributed by atoms with Crippen LogP contribution >= 0.6 is 11.8 Å². The van der Waals surface area contributed by atoms with Crippen LogP contribution in [0.15, 0.2) is 0 Å². The number of likely N-dealkylation sites (N-methyl/N-ethyl adjacent to an activating group) is 1. The number of hydrogen-bond acceptors (Lipinski definition) is 3. The first kappa shape index (κ1) is 10.3. The van der Waals surface area contributed by atoms with Gasteiger partial charge in [-0.1, -0.05) is 13.8 Å². The van der Waals surface area contributed by atoms with Crippen LogP contribution < -0.4 is 5.32 Å². The molecule has 0 saturated carbocycles. The Morgan fingerprint density at radius 3 is 2.60 bits per heavy atom. The lowest BCUT2D eigenvalue weighted by molar-refractivity contribution is 0.255. The van der Waals surface area contributed by atoms with E-state index in [9.17, 15) is 0 Å². The third kappa shape index (κ3) is 5.09. The summed E-state index contributed by atoms with van der Waals surface area (Å²) in [6.45, 7) is 5.38. The summed E-state index contributed by atoms with van der Waals surface area (Å²) in [5.74, 6) is 2.14. The Morgan fingerprint density at radius 1 is 1.50 bits per heavy atom. The van der Waals surface area contributed by atoms with E-state index in [1.165, 1.54) is 0 Å². The van der Waals surface area contributed by atoms with Gasteiger partial charge in [0.2, 0.25) is 0 Å². The van der Waals surface area contributed by atoms with Crippen LogP contribution in [0, 0.1) is 0 Å². The normalized spacial score (nSPS) is 13.5. The molecule has 0 spiro atoms. The van der Waals surface area contributed by atoms with Crippen LogP contribution in [0.4, 0.5) is 0 Å². The fraction of sp³-hybridized carbons (Fsp3) is 1.00. The van der Waals surface area contributed by atoms with Gasteiger partial charge in [0.05, 0.1) is 6.61 Å². The fourth-order valence-corrected chi connectivity index (χ4v) is 1.47. The number of aliphatic hydroxyl groups excluding tert-OH is 1. The van der Waals surface area contributed by atoms with Crippen LogP contribution in [0.2, 0.25) is 0 Å². The van der Waals surface area contributed by atoms with Crippen LogP contribution in [0.5, 0.6) is 0 Å². The zero-order chi connectivity index (χ0) is 7.82. The first-order chi connectivity index (χ1) is 4.85. The van der Waals surface area contributed by atoms with E-state index in [0.29, 0.717) is 0 Å². The second kappa shape index (κ2) is 7.38. The second-order valence-corrected chi connectivity index (χ2v) is 3.42. The Balaban J connectivity index is 3.21. The minimum absolute atomic E-state index is 0.251.